The molecule has 1 heterocycles. The number of hydrogen-bond acceptors (Lipinski definition) is 11. The van der Waals surface area contributed by atoms with Crippen LogP contribution < -0.4 is 9.47 Å². The Bertz CT molecular complexity index is 1300. The standard InChI is InChI=1S/C19H19F3N4O9S/c1-5-33-13(27)9-34-15-14(26(29)30)16(24-18(23-15)36(4,31)32)35-12-7-10(17(28)25(2)3)6-11(8-12)19(20,21)22/h6-8H,5,9H2,1-4H3. The van der Waals surface area contributed by atoms with Crippen LogP contribution in [-0.4, -0.2) is 73.7 Å². The number of alkyl halides is 3. The minimum absolute atomic E-state index is 0.0550. The number of ether oxygens (including phenoxy) is 3. The van der Waals surface area contributed by atoms with E-state index in [9.17, 15) is 41.3 Å². The van der Waals surface area contributed by atoms with E-state index in [1.54, 1.807) is 0 Å². The molecule has 0 aliphatic rings. The molecule has 1 aromatic carbocycles. The van der Waals surface area contributed by atoms with Crippen LogP contribution in [0, 0.1) is 10.1 Å². The summed E-state index contributed by atoms with van der Waals surface area (Å²) in [6.45, 7) is 0.503. The minimum atomic E-state index is -4.94. The average molecular weight is 536 g/mol. The number of carbonyl (C=O) groups is 2. The van der Waals surface area contributed by atoms with Gasteiger partial charge in [-0.2, -0.15) is 23.1 Å². The fraction of sp³-hybridized carbons (Fsp3) is 0.368. The normalized spacial score (nSPS) is 11.5. The summed E-state index contributed by atoms with van der Waals surface area (Å²) >= 11 is 0. The highest BCUT2D eigenvalue weighted by Crippen LogP contribution is 2.39. The van der Waals surface area contributed by atoms with Crippen LogP contribution in [0.25, 0.3) is 0 Å². The molecule has 0 N–H and O–H groups in total. The summed E-state index contributed by atoms with van der Waals surface area (Å²) < 4.78 is 79.1. The van der Waals surface area contributed by atoms with E-state index in [1.807, 2.05) is 0 Å². The second kappa shape index (κ2) is 10.7. The van der Waals surface area contributed by atoms with Crippen LogP contribution in [-0.2, 0) is 25.5 Å². The van der Waals surface area contributed by atoms with Crippen molar-refractivity contribution in [2.75, 3.05) is 33.6 Å². The molecule has 196 valence electrons. The Morgan fingerprint density at radius 1 is 1.14 bits per heavy atom. The first-order valence-corrected chi connectivity index (χ1v) is 11.6. The summed E-state index contributed by atoms with van der Waals surface area (Å²) in [5.41, 5.74) is -3.00. The monoisotopic (exact) mass is 536 g/mol. The third-order valence-corrected chi connectivity index (χ3v) is 4.89. The van der Waals surface area contributed by atoms with E-state index in [2.05, 4.69) is 14.7 Å². The zero-order chi connectivity index (χ0) is 27.4. The lowest BCUT2D eigenvalue weighted by Gasteiger charge is -2.15. The van der Waals surface area contributed by atoms with Crippen molar-refractivity contribution in [3.63, 3.8) is 0 Å². The molecular formula is C19H19F3N4O9S. The van der Waals surface area contributed by atoms with Gasteiger partial charge in [0.25, 0.3) is 11.1 Å². The topological polar surface area (TPSA) is 168 Å². The number of esters is 1. The Labute approximate surface area is 201 Å². The van der Waals surface area contributed by atoms with Crippen molar-refractivity contribution in [1.29, 1.82) is 0 Å². The van der Waals surface area contributed by atoms with E-state index in [0.717, 1.165) is 11.0 Å². The van der Waals surface area contributed by atoms with Gasteiger partial charge in [0.15, 0.2) is 6.61 Å². The number of sulfone groups is 1. The van der Waals surface area contributed by atoms with E-state index in [1.165, 1.54) is 21.0 Å². The van der Waals surface area contributed by atoms with Gasteiger partial charge in [-0.05, 0) is 25.1 Å². The van der Waals surface area contributed by atoms with E-state index >= 15 is 0 Å². The Morgan fingerprint density at radius 3 is 2.25 bits per heavy atom. The molecule has 0 spiro atoms. The molecule has 0 atom stereocenters. The number of carbonyl (C=O) groups excluding carboxylic acids is 2. The maximum atomic E-state index is 13.4. The number of benzene rings is 1. The van der Waals surface area contributed by atoms with Gasteiger partial charge in [0.05, 0.1) is 17.1 Å². The summed E-state index contributed by atoms with van der Waals surface area (Å²) in [6.07, 6.45) is -4.30. The molecule has 0 unspecified atom stereocenters. The number of hydrogen-bond donors (Lipinski definition) is 0. The van der Waals surface area contributed by atoms with Gasteiger partial charge < -0.3 is 19.1 Å². The van der Waals surface area contributed by atoms with Crippen molar-refractivity contribution < 1.29 is 50.3 Å². The molecule has 0 aliphatic carbocycles. The molecule has 0 bridgehead atoms. The molecule has 36 heavy (non-hydrogen) atoms. The third kappa shape index (κ3) is 7.00. The first-order chi connectivity index (χ1) is 16.5. The van der Waals surface area contributed by atoms with Crippen molar-refractivity contribution in [2.24, 2.45) is 0 Å². The smallest absolute Gasteiger partial charge is 0.416 e. The highest BCUT2D eigenvalue weighted by Gasteiger charge is 2.34. The van der Waals surface area contributed by atoms with Crippen molar-refractivity contribution in [3.05, 3.63) is 39.4 Å². The van der Waals surface area contributed by atoms with Crippen molar-refractivity contribution in [3.8, 4) is 17.5 Å². The zero-order valence-electron chi connectivity index (χ0n) is 19.2. The maximum Gasteiger partial charge on any atom is 0.416 e. The molecule has 0 saturated heterocycles. The quantitative estimate of drug-likeness (QED) is 0.199. The first kappa shape index (κ1) is 28.2. The zero-order valence-corrected chi connectivity index (χ0v) is 20.0. The first-order valence-electron chi connectivity index (χ1n) is 9.71. The SMILES string of the molecule is CCOC(=O)COc1nc(S(C)(=O)=O)nc(Oc2cc(C(=O)N(C)C)cc(C(F)(F)F)c2)c1[N+](=O)[O-]. The van der Waals surface area contributed by atoms with Gasteiger partial charge in [-0.25, -0.2) is 13.2 Å². The number of aromatic nitrogens is 2. The van der Waals surface area contributed by atoms with Crippen molar-refractivity contribution in [2.45, 2.75) is 18.3 Å². The number of rotatable bonds is 9. The lowest BCUT2D eigenvalue weighted by molar-refractivity contribution is -0.387. The Balaban J connectivity index is 2.72. The lowest BCUT2D eigenvalue weighted by Crippen LogP contribution is -2.22. The predicted molar refractivity (Wildman–Crippen MR) is 113 cm³/mol. The molecule has 2 rings (SSSR count). The second-order valence-electron chi connectivity index (χ2n) is 7.13. The van der Waals surface area contributed by atoms with E-state index < -0.39 is 78.9 Å². The van der Waals surface area contributed by atoms with Gasteiger partial charge in [0, 0.05) is 25.9 Å². The van der Waals surface area contributed by atoms with Gasteiger partial charge in [0.1, 0.15) is 5.75 Å². The van der Waals surface area contributed by atoms with Crippen LogP contribution in [0.1, 0.15) is 22.8 Å². The molecule has 17 heteroatoms. The van der Waals surface area contributed by atoms with Gasteiger partial charge in [-0.1, -0.05) is 0 Å². The van der Waals surface area contributed by atoms with Crippen molar-refractivity contribution in [1.82, 2.24) is 14.9 Å². The molecular weight excluding hydrogens is 517 g/mol. The minimum Gasteiger partial charge on any atom is -0.463 e. The largest absolute Gasteiger partial charge is 0.463 e. The second-order valence-corrected chi connectivity index (χ2v) is 9.04. The number of nitro groups is 1. The van der Waals surface area contributed by atoms with Gasteiger partial charge in [-0.3, -0.25) is 14.9 Å². The molecule has 1 amide bonds. The highest BCUT2D eigenvalue weighted by molar-refractivity contribution is 7.90. The van der Waals surface area contributed by atoms with Crippen molar-refractivity contribution >= 4 is 27.4 Å². The summed E-state index contributed by atoms with van der Waals surface area (Å²) in [4.78, 5) is 42.3. The Morgan fingerprint density at radius 2 is 1.75 bits per heavy atom. The number of halogens is 3. The Hall–Kier alpha value is -4.02. The summed E-state index contributed by atoms with van der Waals surface area (Å²) in [6, 6.07) is 1.82. The van der Waals surface area contributed by atoms with E-state index in [0.29, 0.717) is 18.4 Å². The molecule has 0 saturated carbocycles. The van der Waals surface area contributed by atoms with Gasteiger partial charge in [0.2, 0.25) is 9.84 Å². The molecule has 0 fully saturated rings. The van der Waals surface area contributed by atoms with E-state index in [4.69, 9.17) is 9.47 Å². The molecule has 2 aromatic rings. The number of amides is 1. The molecule has 13 nitrogen and oxygen atoms in total. The molecule has 1 aromatic heterocycles. The summed E-state index contributed by atoms with van der Waals surface area (Å²) in [7, 11) is -1.69. The fourth-order valence-corrected chi connectivity index (χ4v) is 3.03. The van der Waals surface area contributed by atoms with Crippen LogP contribution in [0.4, 0.5) is 18.9 Å². The fourth-order valence-electron chi connectivity index (χ4n) is 2.53. The van der Waals surface area contributed by atoms with E-state index in [-0.39, 0.29) is 6.61 Å². The Kier molecular flexibility index (Phi) is 8.40. The summed E-state index contributed by atoms with van der Waals surface area (Å²) in [5.74, 6) is -4.68. The van der Waals surface area contributed by atoms with Gasteiger partial charge >= 0.3 is 29.6 Å². The van der Waals surface area contributed by atoms with Crippen LogP contribution >= 0.6 is 0 Å². The average Bonchev–Trinajstić information content (AvgIpc) is 2.75. The maximum absolute atomic E-state index is 13.4. The summed E-state index contributed by atoms with van der Waals surface area (Å²) in [5, 5.41) is 10.7. The van der Waals surface area contributed by atoms with Crippen LogP contribution in [0.3, 0.4) is 0 Å². The molecule has 0 aliphatic heterocycles. The highest BCUT2D eigenvalue weighted by atomic mass is 32.2. The van der Waals surface area contributed by atoms with Gasteiger partial charge in [-0.15, -0.1) is 0 Å². The predicted octanol–water partition coefficient (Wildman–Crippen LogP) is 2.24. The molecule has 0 radical (unpaired) electrons. The number of nitrogens with zero attached hydrogens (tertiary/aromatic N) is 4. The van der Waals surface area contributed by atoms with Crippen LogP contribution in [0.2, 0.25) is 0 Å². The third-order valence-electron chi connectivity index (χ3n) is 4.05. The van der Waals surface area contributed by atoms with Crippen LogP contribution in [0.15, 0.2) is 23.4 Å². The lowest BCUT2D eigenvalue weighted by atomic mass is 10.1. The van der Waals surface area contributed by atoms with Crippen LogP contribution in [0.5, 0.6) is 17.5 Å².